The Balaban J connectivity index is 1.71. The SMILES string of the molecule is COCC1CCN(C2CCC2CNC(C)(C)C)CC1. The van der Waals surface area contributed by atoms with E-state index >= 15 is 0 Å². The van der Waals surface area contributed by atoms with Crippen molar-refractivity contribution in [3.63, 3.8) is 0 Å². The van der Waals surface area contributed by atoms with Crippen LogP contribution in [0.1, 0.15) is 46.5 Å². The number of rotatable bonds is 5. The van der Waals surface area contributed by atoms with Crippen molar-refractivity contribution in [2.75, 3.05) is 33.4 Å². The number of hydrogen-bond donors (Lipinski definition) is 1. The second-order valence-electron chi connectivity index (χ2n) is 7.47. The molecular weight excluding hydrogens is 236 g/mol. The summed E-state index contributed by atoms with van der Waals surface area (Å²) in [5.41, 5.74) is 0.256. The molecule has 2 fully saturated rings. The standard InChI is InChI=1S/C16H32N2O/c1-16(2,3)17-11-14-5-6-15(14)18-9-7-13(8-10-18)12-19-4/h13-15,17H,5-12H2,1-4H3. The molecule has 19 heavy (non-hydrogen) atoms. The summed E-state index contributed by atoms with van der Waals surface area (Å²) in [5, 5.41) is 3.68. The lowest BCUT2D eigenvalue weighted by atomic mass is 9.77. The van der Waals surface area contributed by atoms with Gasteiger partial charge in [-0.3, -0.25) is 0 Å². The van der Waals surface area contributed by atoms with E-state index in [-0.39, 0.29) is 5.54 Å². The van der Waals surface area contributed by atoms with E-state index < -0.39 is 0 Å². The van der Waals surface area contributed by atoms with E-state index in [1.807, 2.05) is 7.11 Å². The Labute approximate surface area is 119 Å². The predicted octanol–water partition coefficient (Wildman–Crippen LogP) is 2.51. The Morgan fingerprint density at radius 1 is 1.11 bits per heavy atom. The van der Waals surface area contributed by atoms with Crippen LogP contribution in [0.5, 0.6) is 0 Å². The zero-order valence-corrected chi connectivity index (χ0v) is 13.2. The Morgan fingerprint density at radius 2 is 1.79 bits per heavy atom. The van der Waals surface area contributed by atoms with Gasteiger partial charge < -0.3 is 15.0 Å². The van der Waals surface area contributed by atoms with Crippen LogP contribution in [-0.2, 0) is 4.74 Å². The average Bonchev–Trinajstić information content (AvgIpc) is 2.29. The van der Waals surface area contributed by atoms with E-state index in [1.165, 1.54) is 45.3 Å². The lowest BCUT2D eigenvalue weighted by Crippen LogP contribution is -2.54. The molecule has 3 heteroatoms. The lowest BCUT2D eigenvalue weighted by Gasteiger charge is -2.47. The van der Waals surface area contributed by atoms with Gasteiger partial charge in [-0.05, 0) is 77.9 Å². The molecule has 1 aliphatic heterocycles. The zero-order valence-electron chi connectivity index (χ0n) is 13.2. The second-order valence-corrected chi connectivity index (χ2v) is 7.47. The molecule has 0 aromatic carbocycles. The highest BCUT2D eigenvalue weighted by atomic mass is 16.5. The summed E-state index contributed by atoms with van der Waals surface area (Å²) in [6.45, 7) is 11.5. The molecule has 2 rings (SSSR count). The topological polar surface area (TPSA) is 24.5 Å². The normalized spacial score (nSPS) is 30.3. The smallest absolute Gasteiger partial charge is 0.0491 e. The molecule has 1 aliphatic carbocycles. The van der Waals surface area contributed by atoms with Crippen LogP contribution in [0.2, 0.25) is 0 Å². The number of methoxy groups -OCH3 is 1. The van der Waals surface area contributed by atoms with Gasteiger partial charge >= 0.3 is 0 Å². The van der Waals surface area contributed by atoms with E-state index in [4.69, 9.17) is 4.74 Å². The summed E-state index contributed by atoms with van der Waals surface area (Å²) in [7, 11) is 1.83. The Morgan fingerprint density at radius 3 is 2.26 bits per heavy atom. The Hall–Kier alpha value is -0.120. The van der Waals surface area contributed by atoms with Gasteiger partial charge in [0, 0.05) is 25.3 Å². The van der Waals surface area contributed by atoms with E-state index in [1.54, 1.807) is 0 Å². The van der Waals surface area contributed by atoms with Gasteiger partial charge in [-0.25, -0.2) is 0 Å². The van der Waals surface area contributed by atoms with E-state index in [9.17, 15) is 0 Å². The van der Waals surface area contributed by atoms with Crippen LogP contribution in [0, 0.1) is 11.8 Å². The van der Waals surface area contributed by atoms with Crippen molar-refractivity contribution in [3.8, 4) is 0 Å². The summed E-state index contributed by atoms with van der Waals surface area (Å²) < 4.78 is 5.29. The summed E-state index contributed by atoms with van der Waals surface area (Å²) in [6, 6.07) is 0.846. The molecule has 1 saturated heterocycles. The minimum absolute atomic E-state index is 0.256. The molecule has 2 atom stereocenters. The third kappa shape index (κ3) is 4.44. The lowest BCUT2D eigenvalue weighted by molar-refractivity contribution is 0.0184. The molecule has 3 nitrogen and oxygen atoms in total. The highest BCUT2D eigenvalue weighted by Gasteiger charge is 2.37. The largest absolute Gasteiger partial charge is 0.384 e. The fourth-order valence-electron chi connectivity index (χ4n) is 3.39. The zero-order chi connectivity index (χ0) is 13.9. The molecule has 0 spiro atoms. The summed E-state index contributed by atoms with van der Waals surface area (Å²) in [6.07, 6.45) is 5.46. The summed E-state index contributed by atoms with van der Waals surface area (Å²) in [5.74, 6) is 1.67. The van der Waals surface area contributed by atoms with Gasteiger partial charge in [0.25, 0.3) is 0 Å². The van der Waals surface area contributed by atoms with E-state index in [0.717, 1.165) is 24.5 Å². The van der Waals surface area contributed by atoms with Gasteiger partial charge in [-0.2, -0.15) is 0 Å². The fraction of sp³-hybridized carbons (Fsp3) is 1.00. The monoisotopic (exact) mass is 268 g/mol. The van der Waals surface area contributed by atoms with Crippen LogP contribution in [0.3, 0.4) is 0 Å². The molecule has 0 aromatic heterocycles. The number of ether oxygens (including phenoxy) is 1. The molecule has 2 aliphatic rings. The van der Waals surface area contributed by atoms with Crippen LogP contribution in [0.15, 0.2) is 0 Å². The first kappa shape index (κ1) is 15.3. The van der Waals surface area contributed by atoms with Crippen LogP contribution < -0.4 is 5.32 Å². The number of nitrogens with one attached hydrogen (secondary N) is 1. The maximum absolute atomic E-state index is 5.29. The van der Waals surface area contributed by atoms with Gasteiger partial charge in [-0.15, -0.1) is 0 Å². The van der Waals surface area contributed by atoms with Crippen molar-refractivity contribution in [1.29, 1.82) is 0 Å². The molecule has 0 radical (unpaired) electrons. The van der Waals surface area contributed by atoms with Crippen LogP contribution in [0.4, 0.5) is 0 Å². The predicted molar refractivity (Wildman–Crippen MR) is 80.4 cm³/mol. The van der Waals surface area contributed by atoms with Crippen molar-refractivity contribution >= 4 is 0 Å². The van der Waals surface area contributed by atoms with E-state index in [0.29, 0.717) is 0 Å². The molecule has 1 heterocycles. The third-order valence-corrected chi connectivity index (χ3v) is 4.79. The quantitative estimate of drug-likeness (QED) is 0.829. The number of nitrogens with zero attached hydrogens (tertiary/aromatic N) is 1. The first-order valence-electron chi connectivity index (χ1n) is 7.97. The third-order valence-electron chi connectivity index (χ3n) is 4.79. The van der Waals surface area contributed by atoms with Crippen molar-refractivity contribution in [1.82, 2.24) is 10.2 Å². The number of hydrogen-bond acceptors (Lipinski definition) is 3. The fourth-order valence-corrected chi connectivity index (χ4v) is 3.39. The van der Waals surface area contributed by atoms with E-state index in [2.05, 4.69) is 31.0 Å². The van der Waals surface area contributed by atoms with Crippen LogP contribution in [-0.4, -0.2) is 49.8 Å². The van der Waals surface area contributed by atoms with Gasteiger partial charge in [0.1, 0.15) is 0 Å². The van der Waals surface area contributed by atoms with Gasteiger partial charge in [-0.1, -0.05) is 0 Å². The number of likely N-dealkylation sites (tertiary alicyclic amines) is 1. The maximum Gasteiger partial charge on any atom is 0.0491 e. The second kappa shape index (κ2) is 6.55. The molecule has 1 N–H and O–H groups in total. The highest BCUT2D eigenvalue weighted by molar-refractivity contribution is 4.92. The van der Waals surface area contributed by atoms with Gasteiger partial charge in [0.2, 0.25) is 0 Å². The van der Waals surface area contributed by atoms with Crippen molar-refractivity contribution in [3.05, 3.63) is 0 Å². The molecule has 1 saturated carbocycles. The van der Waals surface area contributed by atoms with Gasteiger partial charge in [0.05, 0.1) is 0 Å². The number of piperidine rings is 1. The maximum atomic E-state index is 5.29. The van der Waals surface area contributed by atoms with Crippen molar-refractivity contribution < 1.29 is 4.74 Å². The van der Waals surface area contributed by atoms with Crippen molar-refractivity contribution in [2.45, 2.75) is 58.0 Å². The van der Waals surface area contributed by atoms with Crippen LogP contribution >= 0.6 is 0 Å². The molecule has 0 aromatic rings. The average molecular weight is 268 g/mol. The Bertz CT molecular complexity index is 266. The molecular formula is C16H32N2O. The molecule has 2 unspecified atom stereocenters. The summed E-state index contributed by atoms with van der Waals surface area (Å²) >= 11 is 0. The van der Waals surface area contributed by atoms with Crippen LogP contribution in [0.25, 0.3) is 0 Å². The Kier molecular flexibility index (Phi) is 5.27. The first-order valence-corrected chi connectivity index (χ1v) is 7.97. The molecule has 112 valence electrons. The minimum Gasteiger partial charge on any atom is -0.384 e. The van der Waals surface area contributed by atoms with Crippen molar-refractivity contribution in [2.24, 2.45) is 11.8 Å². The molecule has 0 amide bonds. The first-order chi connectivity index (χ1) is 8.99. The molecule has 0 bridgehead atoms. The minimum atomic E-state index is 0.256. The van der Waals surface area contributed by atoms with Gasteiger partial charge in [0.15, 0.2) is 0 Å². The highest BCUT2D eigenvalue weighted by Crippen LogP contribution is 2.34. The summed E-state index contributed by atoms with van der Waals surface area (Å²) in [4.78, 5) is 2.74.